The number of amides is 1. The maximum atomic E-state index is 12.2. The lowest BCUT2D eigenvalue weighted by Crippen LogP contribution is -2.43. The second kappa shape index (κ2) is 7.17. The molecule has 0 unspecified atom stereocenters. The topological polar surface area (TPSA) is 46.3 Å². The molecule has 0 aromatic heterocycles. The van der Waals surface area contributed by atoms with Crippen LogP contribution in [-0.4, -0.2) is 23.4 Å². The van der Waals surface area contributed by atoms with Gasteiger partial charge in [0, 0.05) is 13.1 Å². The predicted octanol–water partition coefficient (Wildman–Crippen LogP) is 2.47. The molecule has 1 aromatic rings. The van der Waals surface area contributed by atoms with Gasteiger partial charge in [-0.2, -0.15) is 0 Å². The molecule has 0 fully saturated rings. The van der Waals surface area contributed by atoms with Gasteiger partial charge in [0.1, 0.15) is 0 Å². The maximum Gasteiger partial charge on any atom is 0.239 e. The molecule has 0 aliphatic rings. The van der Waals surface area contributed by atoms with Crippen molar-refractivity contribution in [2.24, 2.45) is 5.73 Å². The van der Waals surface area contributed by atoms with Crippen LogP contribution in [0.3, 0.4) is 0 Å². The van der Waals surface area contributed by atoms with Gasteiger partial charge in [0.2, 0.25) is 5.91 Å². The molecular formula is C15H24N2O. The Morgan fingerprint density at radius 3 is 2.67 bits per heavy atom. The normalized spacial score (nSPS) is 12.2. The fraction of sp³-hybridized carbons (Fsp3) is 0.533. The summed E-state index contributed by atoms with van der Waals surface area (Å²) in [4.78, 5) is 14.0. The number of nitrogens with zero attached hydrogens (tertiary/aromatic N) is 1. The molecule has 0 saturated carbocycles. The van der Waals surface area contributed by atoms with E-state index in [0.29, 0.717) is 13.1 Å². The minimum Gasteiger partial charge on any atom is -0.337 e. The zero-order chi connectivity index (χ0) is 13.5. The molecule has 0 bridgehead atoms. The maximum absolute atomic E-state index is 12.2. The van der Waals surface area contributed by atoms with Crippen molar-refractivity contribution in [1.82, 2.24) is 4.90 Å². The van der Waals surface area contributed by atoms with Gasteiger partial charge in [-0.3, -0.25) is 4.79 Å². The van der Waals surface area contributed by atoms with Gasteiger partial charge in [-0.25, -0.2) is 0 Å². The second-order valence-corrected chi connectivity index (χ2v) is 4.74. The van der Waals surface area contributed by atoms with Crippen LogP contribution < -0.4 is 5.73 Å². The lowest BCUT2D eigenvalue weighted by atomic mass is 10.1. The zero-order valence-electron chi connectivity index (χ0n) is 11.6. The van der Waals surface area contributed by atoms with Crippen molar-refractivity contribution in [2.75, 3.05) is 6.54 Å². The quantitative estimate of drug-likeness (QED) is 0.840. The summed E-state index contributed by atoms with van der Waals surface area (Å²) in [5.41, 5.74) is 8.27. The molecule has 0 heterocycles. The molecule has 1 amide bonds. The highest BCUT2D eigenvalue weighted by molar-refractivity contribution is 5.81. The Balaban J connectivity index is 2.69. The summed E-state index contributed by atoms with van der Waals surface area (Å²) < 4.78 is 0. The Labute approximate surface area is 110 Å². The van der Waals surface area contributed by atoms with Crippen LogP contribution in [0, 0.1) is 6.92 Å². The zero-order valence-corrected chi connectivity index (χ0v) is 11.6. The van der Waals surface area contributed by atoms with Crippen molar-refractivity contribution >= 4 is 5.91 Å². The van der Waals surface area contributed by atoms with E-state index in [0.717, 1.165) is 18.4 Å². The van der Waals surface area contributed by atoms with Crippen molar-refractivity contribution in [2.45, 2.75) is 46.2 Å². The smallest absolute Gasteiger partial charge is 0.239 e. The number of likely N-dealkylation sites (N-methyl/N-ethyl adjacent to an activating group) is 1. The lowest BCUT2D eigenvalue weighted by Gasteiger charge is -2.24. The first kappa shape index (κ1) is 14.7. The number of nitrogens with two attached hydrogens (primary N) is 1. The van der Waals surface area contributed by atoms with Crippen LogP contribution in [0.1, 0.15) is 37.8 Å². The van der Waals surface area contributed by atoms with Gasteiger partial charge in [0.25, 0.3) is 0 Å². The predicted molar refractivity (Wildman–Crippen MR) is 75.2 cm³/mol. The summed E-state index contributed by atoms with van der Waals surface area (Å²) in [5, 5.41) is 0. The molecule has 1 aromatic carbocycles. The average molecular weight is 248 g/mol. The van der Waals surface area contributed by atoms with Crippen LogP contribution in [-0.2, 0) is 11.3 Å². The minimum absolute atomic E-state index is 0.0563. The van der Waals surface area contributed by atoms with Crippen molar-refractivity contribution in [3.05, 3.63) is 35.4 Å². The molecule has 3 nitrogen and oxygen atoms in total. The standard InChI is InChI=1S/C15H24N2O/c1-4-7-14(16)15(18)17(5-2)11-13-9-6-8-12(3)10-13/h6,8-10,14H,4-5,7,11,16H2,1-3H3/t14-/m1/s1. The van der Waals surface area contributed by atoms with E-state index in [2.05, 4.69) is 19.1 Å². The van der Waals surface area contributed by atoms with E-state index >= 15 is 0 Å². The number of carbonyl (C=O) groups is 1. The van der Waals surface area contributed by atoms with Crippen LogP contribution >= 0.6 is 0 Å². The first-order valence-electron chi connectivity index (χ1n) is 6.68. The van der Waals surface area contributed by atoms with Crippen molar-refractivity contribution < 1.29 is 4.79 Å². The number of aryl methyl sites for hydroxylation is 1. The summed E-state index contributed by atoms with van der Waals surface area (Å²) in [6.07, 6.45) is 1.69. The van der Waals surface area contributed by atoms with E-state index in [1.807, 2.05) is 30.9 Å². The highest BCUT2D eigenvalue weighted by Gasteiger charge is 2.18. The van der Waals surface area contributed by atoms with E-state index in [1.54, 1.807) is 0 Å². The Morgan fingerprint density at radius 2 is 2.11 bits per heavy atom. The largest absolute Gasteiger partial charge is 0.337 e. The molecule has 2 N–H and O–H groups in total. The molecule has 0 aliphatic heterocycles. The SMILES string of the molecule is CCC[C@@H](N)C(=O)N(CC)Cc1cccc(C)c1. The number of carbonyl (C=O) groups excluding carboxylic acids is 1. The van der Waals surface area contributed by atoms with Crippen LogP contribution in [0.4, 0.5) is 0 Å². The molecule has 1 rings (SSSR count). The fourth-order valence-corrected chi connectivity index (χ4v) is 2.05. The highest BCUT2D eigenvalue weighted by atomic mass is 16.2. The first-order chi connectivity index (χ1) is 8.58. The molecule has 0 aliphatic carbocycles. The third kappa shape index (κ3) is 4.15. The highest BCUT2D eigenvalue weighted by Crippen LogP contribution is 2.09. The van der Waals surface area contributed by atoms with E-state index in [1.165, 1.54) is 5.56 Å². The van der Waals surface area contributed by atoms with Gasteiger partial charge in [0.15, 0.2) is 0 Å². The Morgan fingerprint density at radius 1 is 1.39 bits per heavy atom. The average Bonchev–Trinajstić information content (AvgIpc) is 2.35. The van der Waals surface area contributed by atoms with E-state index in [-0.39, 0.29) is 11.9 Å². The van der Waals surface area contributed by atoms with Crippen molar-refractivity contribution in [1.29, 1.82) is 0 Å². The molecule has 0 saturated heterocycles. The van der Waals surface area contributed by atoms with E-state index in [9.17, 15) is 4.79 Å². The molecule has 1 atom stereocenters. The fourth-order valence-electron chi connectivity index (χ4n) is 2.05. The van der Waals surface area contributed by atoms with Crippen LogP contribution in [0.25, 0.3) is 0 Å². The number of rotatable bonds is 6. The monoisotopic (exact) mass is 248 g/mol. The van der Waals surface area contributed by atoms with E-state index in [4.69, 9.17) is 5.73 Å². The molecular weight excluding hydrogens is 224 g/mol. The second-order valence-electron chi connectivity index (χ2n) is 4.74. The van der Waals surface area contributed by atoms with Gasteiger partial charge >= 0.3 is 0 Å². The van der Waals surface area contributed by atoms with Crippen LogP contribution in [0.15, 0.2) is 24.3 Å². The van der Waals surface area contributed by atoms with Gasteiger partial charge in [-0.05, 0) is 25.8 Å². The molecule has 0 radical (unpaired) electrons. The number of hydrogen-bond donors (Lipinski definition) is 1. The summed E-state index contributed by atoms with van der Waals surface area (Å²) >= 11 is 0. The third-order valence-corrected chi connectivity index (χ3v) is 3.07. The Hall–Kier alpha value is -1.35. The van der Waals surface area contributed by atoms with Gasteiger partial charge in [0.05, 0.1) is 6.04 Å². The van der Waals surface area contributed by atoms with E-state index < -0.39 is 0 Å². The molecule has 0 spiro atoms. The number of benzene rings is 1. The van der Waals surface area contributed by atoms with Gasteiger partial charge in [-0.15, -0.1) is 0 Å². The van der Waals surface area contributed by atoms with Crippen molar-refractivity contribution in [3.63, 3.8) is 0 Å². The minimum atomic E-state index is -0.361. The van der Waals surface area contributed by atoms with Crippen molar-refractivity contribution in [3.8, 4) is 0 Å². The third-order valence-electron chi connectivity index (χ3n) is 3.07. The number of hydrogen-bond acceptors (Lipinski definition) is 2. The summed E-state index contributed by atoms with van der Waals surface area (Å²) in [6.45, 7) is 7.44. The summed E-state index contributed by atoms with van der Waals surface area (Å²) in [7, 11) is 0. The molecule has 100 valence electrons. The molecule has 3 heteroatoms. The summed E-state index contributed by atoms with van der Waals surface area (Å²) in [6, 6.07) is 7.88. The van der Waals surface area contributed by atoms with Gasteiger partial charge in [-0.1, -0.05) is 43.2 Å². The lowest BCUT2D eigenvalue weighted by molar-refractivity contribution is -0.133. The van der Waals surface area contributed by atoms with Crippen LogP contribution in [0.2, 0.25) is 0 Å². The Kier molecular flexibility index (Phi) is 5.86. The Bertz CT molecular complexity index is 390. The summed E-state index contributed by atoms with van der Waals surface area (Å²) in [5.74, 6) is 0.0563. The van der Waals surface area contributed by atoms with Crippen LogP contribution in [0.5, 0.6) is 0 Å². The first-order valence-corrected chi connectivity index (χ1v) is 6.68. The molecule has 18 heavy (non-hydrogen) atoms. The van der Waals surface area contributed by atoms with Gasteiger partial charge < -0.3 is 10.6 Å².